The van der Waals surface area contributed by atoms with Crippen molar-refractivity contribution in [3.8, 4) is 0 Å². The maximum Gasteiger partial charge on any atom is 0.310 e. The zero-order valence-electron chi connectivity index (χ0n) is 13.3. The number of hydrogen-bond donors (Lipinski definition) is 1. The quantitative estimate of drug-likeness (QED) is 0.339. The molecular formula is C15H27N3O3. The molecule has 1 saturated carbocycles. The molecule has 0 aromatic heterocycles. The van der Waals surface area contributed by atoms with Gasteiger partial charge in [-0.1, -0.05) is 6.92 Å². The van der Waals surface area contributed by atoms with E-state index in [0.717, 1.165) is 31.6 Å². The lowest BCUT2D eigenvalue weighted by molar-refractivity contribution is -0.145. The van der Waals surface area contributed by atoms with Gasteiger partial charge in [0.2, 0.25) is 0 Å². The highest BCUT2D eigenvalue weighted by atomic mass is 16.5. The highest BCUT2D eigenvalue weighted by Gasteiger charge is 2.36. The first-order valence-corrected chi connectivity index (χ1v) is 7.76. The van der Waals surface area contributed by atoms with Crippen LogP contribution < -0.4 is 5.32 Å². The summed E-state index contributed by atoms with van der Waals surface area (Å²) in [5.41, 5.74) is 0. The molecule has 0 spiro atoms. The van der Waals surface area contributed by atoms with Crippen LogP contribution in [0.4, 0.5) is 0 Å². The number of esters is 1. The largest absolute Gasteiger partial charge is 0.469 e. The SMILES string of the molecule is CN=C(NCCOCC1CC1)N1CC(C)C(C(=O)OC)C1. The Morgan fingerprint density at radius 3 is 2.76 bits per heavy atom. The average molecular weight is 297 g/mol. The van der Waals surface area contributed by atoms with E-state index >= 15 is 0 Å². The highest BCUT2D eigenvalue weighted by molar-refractivity contribution is 5.82. The molecular weight excluding hydrogens is 270 g/mol. The van der Waals surface area contributed by atoms with Crippen molar-refractivity contribution in [3.63, 3.8) is 0 Å². The van der Waals surface area contributed by atoms with E-state index in [0.29, 0.717) is 13.2 Å². The van der Waals surface area contributed by atoms with Crippen LogP contribution in [0.25, 0.3) is 0 Å². The van der Waals surface area contributed by atoms with Gasteiger partial charge < -0.3 is 19.7 Å². The Kier molecular flexibility index (Phi) is 5.85. The first-order chi connectivity index (χ1) is 10.2. The summed E-state index contributed by atoms with van der Waals surface area (Å²) < 4.78 is 10.5. The van der Waals surface area contributed by atoms with Crippen molar-refractivity contribution in [2.75, 3.05) is 47.0 Å². The van der Waals surface area contributed by atoms with E-state index in [2.05, 4.69) is 22.1 Å². The molecule has 1 N–H and O–H groups in total. The Balaban J connectivity index is 1.71. The predicted octanol–water partition coefficient (Wildman–Crippen LogP) is 0.729. The number of nitrogens with zero attached hydrogens (tertiary/aromatic N) is 2. The average Bonchev–Trinajstić information content (AvgIpc) is 3.23. The van der Waals surface area contributed by atoms with Gasteiger partial charge in [-0.25, -0.2) is 0 Å². The highest BCUT2D eigenvalue weighted by Crippen LogP contribution is 2.28. The minimum Gasteiger partial charge on any atom is -0.469 e. The van der Waals surface area contributed by atoms with Crippen molar-refractivity contribution in [1.29, 1.82) is 0 Å². The number of carbonyl (C=O) groups excluding carboxylic acids is 1. The van der Waals surface area contributed by atoms with E-state index in [1.165, 1.54) is 20.0 Å². The Labute approximate surface area is 126 Å². The van der Waals surface area contributed by atoms with E-state index in [4.69, 9.17) is 9.47 Å². The molecule has 2 aliphatic rings. The van der Waals surface area contributed by atoms with E-state index in [-0.39, 0.29) is 17.8 Å². The molecule has 0 bridgehead atoms. The Hall–Kier alpha value is -1.30. The first kappa shape index (κ1) is 16.1. The van der Waals surface area contributed by atoms with E-state index in [1.54, 1.807) is 7.05 Å². The molecule has 2 rings (SSSR count). The standard InChI is InChI=1S/C15H27N3O3/c1-11-8-18(9-13(11)14(19)20-3)15(16-2)17-6-7-21-10-12-4-5-12/h11-13H,4-10H2,1-3H3,(H,16,17). The minimum atomic E-state index is -0.131. The molecule has 6 heteroatoms. The van der Waals surface area contributed by atoms with Gasteiger partial charge >= 0.3 is 5.97 Å². The van der Waals surface area contributed by atoms with Gasteiger partial charge in [0, 0.05) is 33.3 Å². The van der Waals surface area contributed by atoms with Crippen molar-refractivity contribution in [2.24, 2.45) is 22.7 Å². The molecule has 0 amide bonds. The maximum atomic E-state index is 11.7. The van der Waals surface area contributed by atoms with Crippen molar-refractivity contribution in [2.45, 2.75) is 19.8 Å². The number of rotatable bonds is 6. The van der Waals surface area contributed by atoms with Crippen LogP contribution in [0.15, 0.2) is 4.99 Å². The fourth-order valence-corrected chi connectivity index (χ4v) is 2.70. The number of guanidine groups is 1. The molecule has 1 saturated heterocycles. The summed E-state index contributed by atoms with van der Waals surface area (Å²) in [7, 11) is 3.21. The molecule has 1 aliphatic heterocycles. The van der Waals surface area contributed by atoms with Gasteiger partial charge in [0.1, 0.15) is 0 Å². The molecule has 0 aromatic rings. The number of carbonyl (C=O) groups is 1. The summed E-state index contributed by atoms with van der Waals surface area (Å²) >= 11 is 0. The van der Waals surface area contributed by atoms with Crippen LogP contribution in [-0.4, -0.2) is 63.8 Å². The monoisotopic (exact) mass is 297 g/mol. The Morgan fingerprint density at radius 2 is 2.14 bits per heavy atom. The molecule has 2 unspecified atom stereocenters. The molecule has 6 nitrogen and oxygen atoms in total. The zero-order chi connectivity index (χ0) is 15.2. The number of likely N-dealkylation sites (tertiary alicyclic amines) is 1. The van der Waals surface area contributed by atoms with Crippen LogP contribution in [0.5, 0.6) is 0 Å². The number of ether oxygens (including phenoxy) is 2. The molecule has 1 aliphatic carbocycles. The van der Waals surface area contributed by atoms with Crippen LogP contribution in [0.3, 0.4) is 0 Å². The minimum absolute atomic E-state index is 0.0698. The van der Waals surface area contributed by atoms with Crippen molar-refractivity contribution < 1.29 is 14.3 Å². The topological polar surface area (TPSA) is 63.2 Å². The van der Waals surface area contributed by atoms with Gasteiger partial charge in [0.15, 0.2) is 5.96 Å². The maximum absolute atomic E-state index is 11.7. The smallest absolute Gasteiger partial charge is 0.310 e. The zero-order valence-corrected chi connectivity index (χ0v) is 13.3. The van der Waals surface area contributed by atoms with Crippen LogP contribution >= 0.6 is 0 Å². The number of hydrogen-bond acceptors (Lipinski definition) is 4. The lowest BCUT2D eigenvalue weighted by Gasteiger charge is -2.21. The third-order valence-electron chi connectivity index (χ3n) is 4.21. The van der Waals surface area contributed by atoms with Crippen molar-refractivity contribution in [3.05, 3.63) is 0 Å². The fraction of sp³-hybridized carbons (Fsp3) is 0.867. The van der Waals surface area contributed by atoms with Gasteiger partial charge in [0.25, 0.3) is 0 Å². The van der Waals surface area contributed by atoms with E-state index < -0.39 is 0 Å². The third kappa shape index (κ3) is 4.59. The predicted molar refractivity (Wildman–Crippen MR) is 81.1 cm³/mol. The van der Waals surface area contributed by atoms with Gasteiger partial charge in [-0.3, -0.25) is 9.79 Å². The number of methoxy groups -OCH3 is 1. The molecule has 2 atom stereocenters. The second kappa shape index (κ2) is 7.64. The summed E-state index contributed by atoms with van der Waals surface area (Å²) in [6.45, 7) is 5.88. The van der Waals surface area contributed by atoms with Gasteiger partial charge in [-0.2, -0.15) is 0 Å². The second-order valence-corrected chi connectivity index (χ2v) is 6.00. The molecule has 1 heterocycles. The summed E-state index contributed by atoms with van der Waals surface area (Å²) in [5, 5.41) is 3.30. The third-order valence-corrected chi connectivity index (χ3v) is 4.21. The molecule has 21 heavy (non-hydrogen) atoms. The van der Waals surface area contributed by atoms with Crippen molar-refractivity contribution >= 4 is 11.9 Å². The normalized spacial score (nSPS) is 26.0. The molecule has 2 fully saturated rings. The summed E-state index contributed by atoms with van der Waals surface area (Å²) in [4.78, 5) is 18.1. The van der Waals surface area contributed by atoms with Gasteiger partial charge in [-0.15, -0.1) is 0 Å². The second-order valence-electron chi connectivity index (χ2n) is 6.00. The van der Waals surface area contributed by atoms with E-state index in [1.807, 2.05) is 0 Å². The van der Waals surface area contributed by atoms with E-state index in [9.17, 15) is 4.79 Å². The van der Waals surface area contributed by atoms with Crippen LogP contribution in [0.1, 0.15) is 19.8 Å². The lowest BCUT2D eigenvalue weighted by Crippen LogP contribution is -2.41. The van der Waals surface area contributed by atoms with Gasteiger partial charge in [0.05, 0.1) is 19.6 Å². The van der Waals surface area contributed by atoms with Crippen LogP contribution in [-0.2, 0) is 14.3 Å². The van der Waals surface area contributed by atoms with Gasteiger partial charge in [-0.05, 0) is 24.7 Å². The summed E-state index contributed by atoms with van der Waals surface area (Å²) in [5.74, 6) is 1.71. The molecule has 0 radical (unpaired) electrons. The number of aliphatic imine (C=N–C) groups is 1. The van der Waals surface area contributed by atoms with Crippen molar-refractivity contribution in [1.82, 2.24) is 10.2 Å². The Bertz CT molecular complexity index is 382. The summed E-state index contributed by atoms with van der Waals surface area (Å²) in [6, 6.07) is 0. The molecule has 0 aromatic carbocycles. The first-order valence-electron chi connectivity index (χ1n) is 7.76. The van der Waals surface area contributed by atoms with Crippen LogP contribution in [0.2, 0.25) is 0 Å². The van der Waals surface area contributed by atoms with Crippen LogP contribution in [0, 0.1) is 17.8 Å². The number of nitrogens with one attached hydrogen (secondary N) is 1. The fourth-order valence-electron chi connectivity index (χ4n) is 2.70. The lowest BCUT2D eigenvalue weighted by atomic mass is 9.99. The molecule has 120 valence electrons. The summed E-state index contributed by atoms with van der Waals surface area (Å²) in [6.07, 6.45) is 2.63. The Morgan fingerprint density at radius 1 is 1.38 bits per heavy atom.